The molecule has 0 saturated carbocycles. The van der Waals surface area contributed by atoms with Gasteiger partial charge in [-0.25, -0.2) is 0 Å². The average Bonchev–Trinajstić information content (AvgIpc) is 2.88. The van der Waals surface area contributed by atoms with E-state index >= 15 is 0 Å². The van der Waals surface area contributed by atoms with Crippen LogP contribution in [0.25, 0.3) is 10.8 Å². The third kappa shape index (κ3) is 6.36. The van der Waals surface area contributed by atoms with Gasteiger partial charge in [-0.2, -0.15) is 0 Å². The molecule has 0 radical (unpaired) electrons. The Kier molecular flexibility index (Phi) is 7.76. The van der Waals surface area contributed by atoms with E-state index in [0.717, 1.165) is 10.8 Å². The molecule has 0 spiro atoms. The molecule has 36 heavy (non-hydrogen) atoms. The summed E-state index contributed by atoms with van der Waals surface area (Å²) in [5.74, 6) is -1.51. The number of β-amino-alcohol motifs (C(OH)–C–C–N with tert-alkyl or cyclic N) is 1. The highest BCUT2D eigenvalue weighted by molar-refractivity contribution is 5.99. The van der Waals surface area contributed by atoms with Gasteiger partial charge in [-0.15, -0.1) is 0 Å². The number of hydrogen-bond acceptors (Lipinski definition) is 7. The van der Waals surface area contributed by atoms with E-state index in [9.17, 15) is 24.6 Å². The van der Waals surface area contributed by atoms with Crippen molar-refractivity contribution in [2.75, 3.05) is 25.0 Å². The number of aliphatic carboxylic acids is 1. The largest absolute Gasteiger partial charge is 0.481 e. The molecule has 1 heterocycles. The lowest BCUT2D eigenvalue weighted by molar-refractivity contribution is -0.137. The van der Waals surface area contributed by atoms with Crippen molar-refractivity contribution in [3.8, 4) is 0 Å². The molecule has 0 bridgehead atoms. The molecule has 0 saturated heterocycles. The number of amides is 2. The van der Waals surface area contributed by atoms with E-state index in [1.165, 1.54) is 0 Å². The highest BCUT2D eigenvalue weighted by atomic mass is 16.4. The molecule has 2 unspecified atom stereocenters. The second-order valence-corrected chi connectivity index (χ2v) is 8.40. The molecule has 2 atom stereocenters. The monoisotopic (exact) mass is 489 g/mol. The van der Waals surface area contributed by atoms with Crippen molar-refractivity contribution in [2.24, 2.45) is 4.99 Å². The zero-order valence-corrected chi connectivity index (χ0v) is 19.4. The summed E-state index contributed by atoms with van der Waals surface area (Å²) in [5.41, 5.74) is 1.65. The summed E-state index contributed by atoms with van der Waals surface area (Å²) >= 11 is 0. The fourth-order valence-electron chi connectivity index (χ4n) is 3.97. The number of carboxylic acid groups (broad SMARTS) is 1. The highest BCUT2D eigenvalue weighted by Crippen LogP contribution is 2.26. The number of aliphatic imine (C=N–C) groups is 1. The second kappa shape index (κ2) is 11.3. The van der Waals surface area contributed by atoms with Gasteiger partial charge in [-0.3, -0.25) is 19.4 Å². The molecule has 1 aliphatic rings. The van der Waals surface area contributed by atoms with Crippen LogP contribution in [0, 0.1) is 0 Å². The predicted octanol–water partition coefficient (Wildman–Crippen LogP) is 1.63. The molecule has 0 fully saturated rings. The Morgan fingerprint density at radius 2 is 1.83 bits per heavy atom. The van der Waals surface area contributed by atoms with Crippen molar-refractivity contribution >= 4 is 40.2 Å². The van der Waals surface area contributed by atoms with Crippen LogP contribution < -0.4 is 21.3 Å². The van der Waals surface area contributed by atoms with E-state index in [1.54, 1.807) is 30.3 Å². The lowest BCUT2D eigenvalue weighted by Gasteiger charge is -2.20. The molecule has 4 rings (SSSR count). The molecular weight excluding hydrogens is 462 g/mol. The number of guanidine groups is 1. The number of carboxylic acids is 1. The zero-order chi connectivity index (χ0) is 25.5. The summed E-state index contributed by atoms with van der Waals surface area (Å²) in [4.78, 5) is 41.0. The van der Waals surface area contributed by atoms with Crippen LogP contribution in [0.3, 0.4) is 0 Å². The van der Waals surface area contributed by atoms with Crippen LogP contribution in [0.5, 0.6) is 0 Å². The number of anilines is 1. The van der Waals surface area contributed by atoms with Gasteiger partial charge < -0.3 is 31.5 Å². The number of nitrogens with zero attached hydrogens (tertiary/aromatic N) is 1. The van der Waals surface area contributed by atoms with Gasteiger partial charge in [0.05, 0.1) is 31.7 Å². The molecule has 0 aromatic heterocycles. The average molecular weight is 490 g/mol. The van der Waals surface area contributed by atoms with Crippen molar-refractivity contribution < 1.29 is 24.6 Å². The predicted molar refractivity (Wildman–Crippen MR) is 136 cm³/mol. The SMILES string of the molecule is O=C(O)CC(NC(=O)CNC(=O)c1cccc(NC2=NCC(O)CN2)c1)c1cccc2ccccc12. The normalized spacial score (nSPS) is 15.8. The minimum atomic E-state index is -1.05. The smallest absolute Gasteiger partial charge is 0.305 e. The molecule has 2 amide bonds. The van der Waals surface area contributed by atoms with Crippen LogP contribution in [0.15, 0.2) is 71.7 Å². The summed E-state index contributed by atoms with van der Waals surface area (Å²) in [6.07, 6.45) is -0.828. The first-order valence-corrected chi connectivity index (χ1v) is 11.5. The van der Waals surface area contributed by atoms with Crippen LogP contribution in [-0.2, 0) is 9.59 Å². The molecule has 0 aliphatic carbocycles. The van der Waals surface area contributed by atoms with Gasteiger partial charge in [0.15, 0.2) is 5.96 Å². The van der Waals surface area contributed by atoms with Crippen molar-refractivity contribution in [1.29, 1.82) is 0 Å². The third-order valence-corrected chi connectivity index (χ3v) is 5.68. The number of nitrogens with one attached hydrogen (secondary N) is 4. The molecule has 10 nitrogen and oxygen atoms in total. The van der Waals surface area contributed by atoms with Gasteiger partial charge >= 0.3 is 5.97 Å². The lowest BCUT2D eigenvalue weighted by atomic mass is 9.96. The second-order valence-electron chi connectivity index (χ2n) is 8.40. The summed E-state index contributed by atoms with van der Waals surface area (Å²) in [6, 6.07) is 19.0. The maximum atomic E-state index is 12.7. The number of hydrogen-bond donors (Lipinski definition) is 6. The third-order valence-electron chi connectivity index (χ3n) is 5.68. The van der Waals surface area contributed by atoms with Crippen LogP contribution in [0.2, 0.25) is 0 Å². The zero-order valence-electron chi connectivity index (χ0n) is 19.4. The number of rotatable bonds is 8. The van der Waals surface area contributed by atoms with E-state index < -0.39 is 29.9 Å². The van der Waals surface area contributed by atoms with E-state index in [-0.39, 0.29) is 19.5 Å². The Bertz CT molecular complexity index is 1300. The summed E-state index contributed by atoms with van der Waals surface area (Å²) < 4.78 is 0. The van der Waals surface area contributed by atoms with Crippen LogP contribution >= 0.6 is 0 Å². The van der Waals surface area contributed by atoms with Gasteiger partial charge in [0.1, 0.15) is 0 Å². The number of benzene rings is 3. The summed E-state index contributed by atoms with van der Waals surface area (Å²) in [6.45, 7) is 0.346. The van der Waals surface area contributed by atoms with Gasteiger partial charge in [0, 0.05) is 17.8 Å². The Morgan fingerprint density at radius 3 is 2.61 bits per heavy atom. The van der Waals surface area contributed by atoms with Crippen molar-refractivity contribution in [3.63, 3.8) is 0 Å². The summed E-state index contributed by atoms with van der Waals surface area (Å²) in [7, 11) is 0. The standard InChI is InChI=1S/C26H27N5O5/c32-19-13-28-26(29-14-19)30-18-8-3-7-17(11-18)25(36)27-15-23(33)31-22(12-24(34)35)21-10-4-6-16-5-1-2-9-20(16)21/h1-11,19,22,32H,12-15H2,(H,27,36)(H,31,33)(H,34,35)(H2,28,29,30). The minimum absolute atomic E-state index is 0.284. The molecule has 10 heteroatoms. The molecular formula is C26H27N5O5. The molecule has 6 N–H and O–H groups in total. The number of aliphatic hydroxyl groups is 1. The van der Waals surface area contributed by atoms with Crippen molar-refractivity contribution in [3.05, 3.63) is 77.9 Å². The summed E-state index contributed by atoms with van der Waals surface area (Å²) in [5, 5.41) is 32.0. The van der Waals surface area contributed by atoms with E-state index in [0.29, 0.717) is 29.3 Å². The number of fused-ring (bicyclic) bond motifs is 1. The van der Waals surface area contributed by atoms with Crippen molar-refractivity contribution in [1.82, 2.24) is 16.0 Å². The molecule has 186 valence electrons. The van der Waals surface area contributed by atoms with Crippen LogP contribution in [0.4, 0.5) is 5.69 Å². The highest BCUT2D eigenvalue weighted by Gasteiger charge is 2.21. The van der Waals surface area contributed by atoms with E-state index in [4.69, 9.17) is 0 Å². The van der Waals surface area contributed by atoms with Crippen LogP contribution in [-0.4, -0.2) is 59.7 Å². The topological polar surface area (TPSA) is 152 Å². The minimum Gasteiger partial charge on any atom is -0.481 e. The maximum Gasteiger partial charge on any atom is 0.305 e. The lowest BCUT2D eigenvalue weighted by Crippen LogP contribution is -2.42. The Balaban J connectivity index is 1.39. The Morgan fingerprint density at radius 1 is 1.06 bits per heavy atom. The van der Waals surface area contributed by atoms with E-state index in [1.807, 2.05) is 36.4 Å². The van der Waals surface area contributed by atoms with Gasteiger partial charge in [0.2, 0.25) is 5.91 Å². The van der Waals surface area contributed by atoms with Gasteiger partial charge in [-0.05, 0) is 34.5 Å². The van der Waals surface area contributed by atoms with Crippen LogP contribution in [0.1, 0.15) is 28.4 Å². The van der Waals surface area contributed by atoms with Gasteiger partial charge in [-0.1, -0.05) is 48.5 Å². The first kappa shape index (κ1) is 24.7. The first-order valence-electron chi connectivity index (χ1n) is 11.5. The van der Waals surface area contributed by atoms with Gasteiger partial charge in [0.25, 0.3) is 5.91 Å². The van der Waals surface area contributed by atoms with E-state index in [2.05, 4.69) is 26.3 Å². The van der Waals surface area contributed by atoms with Crippen molar-refractivity contribution in [2.45, 2.75) is 18.6 Å². The fourth-order valence-corrected chi connectivity index (χ4v) is 3.97. The molecule has 3 aromatic carbocycles. The first-order chi connectivity index (χ1) is 17.4. The molecule has 1 aliphatic heterocycles. The maximum absolute atomic E-state index is 12.7. The fraction of sp³-hybridized carbons (Fsp3) is 0.231. The number of aliphatic hydroxyl groups excluding tert-OH is 1. The number of carbonyl (C=O) groups is 3. The quantitative estimate of drug-likeness (QED) is 0.281. The Hall–Kier alpha value is -4.44. The number of carbonyl (C=O) groups excluding carboxylic acids is 2. The Labute approximate surface area is 207 Å². The molecule has 3 aromatic rings.